The smallest absolute Gasteiger partial charge is 0.248 e. The van der Waals surface area contributed by atoms with Crippen molar-refractivity contribution in [3.8, 4) is 0 Å². The molecular weight excluding hydrogens is 324 g/mol. The Hall–Kier alpha value is -1.19. The average Bonchev–Trinajstić information content (AvgIpc) is 2.84. The zero-order valence-corrected chi connectivity index (χ0v) is 14.8. The minimum atomic E-state index is -3.56. The van der Waals surface area contributed by atoms with Gasteiger partial charge in [-0.1, -0.05) is 12.1 Å². The van der Waals surface area contributed by atoms with Crippen molar-refractivity contribution in [2.45, 2.75) is 32.1 Å². The molecule has 0 spiro atoms. The Labute approximate surface area is 136 Å². The predicted octanol–water partition coefficient (Wildman–Crippen LogP) is 0.882. The maximum atomic E-state index is 12.7. The van der Waals surface area contributed by atoms with Gasteiger partial charge in [0, 0.05) is 32.7 Å². The molecule has 0 atom stereocenters. The van der Waals surface area contributed by atoms with E-state index in [1.54, 1.807) is 13.8 Å². The zero-order chi connectivity index (χ0) is 16.3. The highest BCUT2D eigenvalue weighted by Gasteiger charge is 2.33. The molecule has 1 aliphatic heterocycles. The SMILES string of the molecule is CCCNC(=S)N1CCN(S(=O)(=O)c2c(C)noc2C)CC1. The Morgan fingerprint density at radius 3 is 2.45 bits per heavy atom. The Kier molecular flexibility index (Phi) is 5.41. The second-order valence-corrected chi connectivity index (χ2v) is 7.54. The fourth-order valence-corrected chi connectivity index (χ4v) is 4.45. The van der Waals surface area contributed by atoms with Gasteiger partial charge in [-0.2, -0.15) is 4.31 Å². The van der Waals surface area contributed by atoms with Crippen molar-refractivity contribution in [2.75, 3.05) is 32.7 Å². The van der Waals surface area contributed by atoms with Crippen LogP contribution in [0.25, 0.3) is 0 Å². The molecule has 1 aromatic heterocycles. The van der Waals surface area contributed by atoms with E-state index in [1.165, 1.54) is 4.31 Å². The number of rotatable bonds is 4. The second kappa shape index (κ2) is 6.93. The molecule has 1 fully saturated rings. The first-order valence-electron chi connectivity index (χ1n) is 7.33. The Morgan fingerprint density at radius 2 is 1.95 bits per heavy atom. The summed E-state index contributed by atoms with van der Waals surface area (Å²) in [6.07, 6.45) is 1.00. The van der Waals surface area contributed by atoms with E-state index in [-0.39, 0.29) is 4.90 Å². The number of nitrogens with one attached hydrogen (secondary N) is 1. The molecule has 1 N–H and O–H groups in total. The quantitative estimate of drug-likeness (QED) is 0.811. The van der Waals surface area contributed by atoms with Crippen molar-refractivity contribution in [1.82, 2.24) is 19.7 Å². The van der Waals surface area contributed by atoms with E-state index in [0.29, 0.717) is 42.7 Å². The normalized spacial score (nSPS) is 16.8. The molecule has 2 heterocycles. The topological polar surface area (TPSA) is 78.7 Å². The van der Waals surface area contributed by atoms with Crippen molar-refractivity contribution >= 4 is 27.4 Å². The molecule has 0 saturated carbocycles. The van der Waals surface area contributed by atoms with Crippen LogP contribution < -0.4 is 5.32 Å². The van der Waals surface area contributed by atoms with Gasteiger partial charge in [-0.3, -0.25) is 0 Å². The van der Waals surface area contributed by atoms with Gasteiger partial charge in [-0.15, -0.1) is 0 Å². The molecule has 9 heteroatoms. The molecule has 0 unspecified atom stereocenters. The lowest BCUT2D eigenvalue weighted by molar-refractivity contribution is 0.263. The lowest BCUT2D eigenvalue weighted by Gasteiger charge is -2.35. The Morgan fingerprint density at radius 1 is 1.32 bits per heavy atom. The van der Waals surface area contributed by atoms with Crippen LogP contribution in [0.2, 0.25) is 0 Å². The maximum absolute atomic E-state index is 12.7. The second-order valence-electron chi connectivity index (χ2n) is 5.28. The van der Waals surface area contributed by atoms with Crippen LogP contribution in [0.1, 0.15) is 24.8 Å². The average molecular weight is 346 g/mol. The standard InChI is InChI=1S/C13H22N4O3S2/c1-4-5-14-13(21)16-6-8-17(9-7-16)22(18,19)12-10(2)15-20-11(12)3/h4-9H2,1-3H3,(H,14,21). The van der Waals surface area contributed by atoms with Gasteiger partial charge in [0.2, 0.25) is 10.0 Å². The number of hydrogen-bond acceptors (Lipinski definition) is 5. The molecule has 0 aromatic carbocycles. The van der Waals surface area contributed by atoms with Crippen molar-refractivity contribution in [2.24, 2.45) is 0 Å². The third-order valence-corrected chi connectivity index (χ3v) is 6.16. The number of piperazine rings is 1. The number of aromatic nitrogens is 1. The van der Waals surface area contributed by atoms with Crippen LogP contribution in [-0.4, -0.2) is 60.6 Å². The van der Waals surface area contributed by atoms with E-state index in [1.807, 2.05) is 4.90 Å². The van der Waals surface area contributed by atoms with E-state index in [2.05, 4.69) is 17.4 Å². The van der Waals surface area contributed by atoms with Crippen molar-refractivity contribution in [3.63, 3.8) is 0 Å². The zero-order valence-electron chi connectivity index (χ0n) is 13.1. The highest BCUT2D eigenvalue weighted by molar-refractivity contribution is 7.89. The van der Waals surface area contributed by atoms with Gasteiger partial charge in [0.15, 0.2) is 10.9 Å². The summed E-state index contributed by atoms with van der Waals surface area (Å²) in [5.74, 6) is 0.333. The summed E-state index contributed by atoms with van der Waals surface area (Å²) >= 11 is 5.31. The molecule has 1 saturated heterocycles. The fourth-order valence-electron chi connectivity index (χ4n) is 2.45. The van der Waals surface area contributed by atoms with Gasteiger partial charge < -0.3 is 14.7 Å². The molecule has 1 aromatic rings. The molecular formula is C13H22N4O3S2. The summed E-state index contributed by atoms with van der Waals surface area (Å²) in [6, 6.07) is 0. The molecule has 0 radical (unpaired) electrons. The maximum Gasteiger partial charge on any atom is 0.248 e. The van der Waals surface area contributed by atoms with Crippen LogP contribution >= 0.6 is 12.2 Å². The van der Waals surface area contributed by atoms with Crippen molar-refractivity contribution in [3.05, 3.63) is 11.5 Å². The molecule has 7 nitrogen and oxygen atoms in total. The molecule has 22 heavy (non-hydrogen) atoms. The third kappa shape index (κ3) is 3.41. The van der Waals surface area contributed by atoms with E-state index in [0.717, 1.165) is 13.0 Å². The highest BCUT2D eigenvalue weighted by Crippen LogP contribution is 2.24. The summed E-state index contributed by atoms with van der Waals surface area (Å²) in [6.45, 7) is 8.13. The molecule has 124 valence electrons. The van der Waals surface area contributed by atoms with Crippen molar-refractivity contribution < 1.29 is 12.9 Å². The van der Waals surface area contributed by atoms with Gasteiger partial charge in [-0.25, -0.2) is 8.42 Å². The molecule has 2 rings (SSSR count). The lowest BCUT2D eigenvalue weighted by atomic mass is 10.4. The van der Waals surface area contributed by atoms with Crippen LogP contribution in [-0.2, 0) is 10.0 Å². The summed E-state index contributed by atoms with van der Waals surface area (Å²) in [7, 11) is -3.56. The number of sulfonamides is 1. The molecule has 0 amide bonds. The first-order chi connectivity index (χ1) is 10.4. The van der Waals surface area contributed by atoms with Crippen LogP contribution in [0.3, 0.4) is 0 Å². The summed E-state index contributed by atoms with van der Waals surface area (Å²) in [4.78, 5) is 2.19. The van der Waals surface area contributed by atoms with Gasteiger partial charge >= 0.3 is 0 Å². The number of hydrogen-bond donors (Lipinski definition) is 1. The van der Waals surface area contributed by atoms with E-state index in [4.69, 9.17) is 16.7 Å². The summed E-state index contributed by atoms with van der Waals surface area (Å²) < 4.78 is 31.8. The minimum Gasteiger partial charge on any atom is -0.363 e. The first kappa shape index (κ1) is 17.2. The van der Waals surface area contributed by atoms with E-state index >= 15 is 0 Å². The Balaban J connectivity index is 2.04. The number of aryl methyl sites for hydroxylation is 2. The van der Waals surface area contributed by atoms with Gasteiger partial charge in [-0.05, 0) is 32.5 Å². The van der Waals surface area contributed by atoms with E-state index in [9.17, 15) is 8.42 Å². The molecule has 1 aliphatic rings. The number of nitrogens with zero attached hydrogens (tertiary/aromatic N) is 3. The minimum absolute atomic E-state index is 0.188. The van der Waals surface area contributed by atoms with Crippen LogP contribution in [0.15, 0.2) is 9.42 Å². The van der Waals surface area contributed by atoms with Crippen LogP contribution in [0, 0.1) is 13.8 Å². The Bertz CT molecular complexity index is 614. The predicted molar refractivity (Wildman–Crippen MR) is 87.2 cm³/mol. The molecule has 0 aliphatic carbocycles. The van der Waals surface area contributed by atoms with Crippen LogP contribution in [0.5, 0.6) is 0 Å². The van der Waals surface area contributed by atoms with Gasteiger partial charge in [0.1, 0.15) is 10.6 Å². The summed E-state index contributed by atoms with van der Waals surface area (Å²) in [5, 5.41) is 7.59. The lowest BCUT2D eigenvalue weighted by Crippen LogP contribution is -2.53. The van der Waals surface area contributed by atoms with Gasteiger partial charge in [0.25, 0.3) is 0 Å². The van der Waals surface area contributed by atoms with E-state index < -0.39 is 10.0 Å². The van der Waals surface area contributed by atoms with Gasteiger partial charge in [0.05, 0.1) is 0 Å². The monoisotopic (exact) mass is 346 g/mol. The fraction of sp³-hybridized carbons (Fsp3) is 0.692. The third-order valence-electron chi connectivity index (χ3n) is 3.62. The number of thiocarbonyl (C=S) groups is 1. The summed E-state index contributed by atoms with van der Waals surface area (Å²) in [5.41, 5.74) is 0.403. The van der Waals surface area contributed by atoms with Crippen LogP contribution in [0.4, 0.5) is 0 Å². The van der Waals surface area contributed by atoms with Crippen molar-refractivity contribution in [1.29, 1.82) is 0 Å². The largest absolute Gasteiger partial charge is 0.363 e. The highest BCUT2D eigenvalue weighted by atomic mass is 32.2. The molecule has 0 bridgehead atoms. The first-order valence-corrected chi connectivity index (χ1v) is 9.18.